The van der Waals surface area contributed by atoms with Crippen molar-refractivity contribution in [2.24, 2.45) is 0 Å². The molecule has 0 aliphatic carbocycles. The van der Waals surface area contributed by atoms with Crippen LogP contribution in [0.25, 0.3) is 0 Å². The van der Waals surface area contributed by atoms with Gasteiger partial charge >= 0.3 is 0 Å². The van der Waals surface area contributed by atoms with Crippen LogP contribution >= 0.6 is 23.7 Å². The van der Waals surface area contributed by atoms with Crippen molar-refractivity contribution in [1.82, 2.24) is 15.5 Å². The Kier molecular flexibility index (Phi) is 6.56. The monoisotopic (exact) mass is 420 g/mol. The molecule has 2 N–H and O–H groups in total. The molecule has 0 saturated carbocycles. The maximum absolute atomic E-state index is 13.6. The number of benzene rings is 2. The van der Waals surface area contributed by atoms with Crippen LogP contribution < -0.4 is 15.4 Å². The van der Waals surface area contributed by atoms with Gasteiger partial charge in [0.2, 0.25) is 5.13 Å². The van der Waals surface area contributed by atoms with Crippen molar-refractivity contribution < 1.29 is 13.9 Å². The molecule has 2 aromatic carbocycles. The van der Waals surface area contributed by atoms with Gasteiger partial charge in [-0.2, -0.15) is 0 Å². The second kappa shape index (κ2) is 9.09. The molecular weight excluding hydrogens is 403 g/mol. The number of carbonyl (C=O) groups is 1. The molecule has 1 aliphatic heterocycles. The number of anilines is 1. The lowest BCUT2D eigenvalue weighted by Gasteiger charge is -2.17. The summed E-state index contributed by atoms with van der Waals surface area (Å²) >= 11 is 1.20. The maximum atomic E-state index is 13.6. The molecular formula is C19H18ClFN4O2S. The van der Waals surface area contributed by atoms with Gasteiger partial charge in [-0.15, -0.1) is 22.6 Å². The van der Waals surface area contributed by atoms with Crippen molar-refractivity contribution in [3.8, 4) is 5.75 Å². The van der Waals surface area contributed by atoms with Gasteiger partial charge in [-0.05, 0) is 48.4 Å². The zero-order valence-corrected chi connectivity index (χ0v) is 16.4. The number of ether oxygens (including phenoxy) is 1. The van der Waals surface area contributed by atoms with Crippen LogP contribution in [0.2, 0.25) is 0 Å². The minimum Gasteiger partial charge on any atom is -0.483 e. The van der Waals surface area contributed by atoms with E-state index in [4.69, 9.17) is 4.74 Å². The standard InChI is InChI=1S/C19H17FN4O2S.ClH/c20-15-3-1-2-4-16(15)26-11-17-23-24-19(27-17)22-18(25)13-5-6-14-10-21-8-7-12(14)9-13;/h1-6,9,21H,7-8,10-11H2,(H,22,24,25);1H. The fraction of sp³-hybridized carbons (Fsp3) is 0.211. The Morgan fingerprint density at radius 1 is 1.21 bits per heavy atom. The summed E-state index contributed by atoms with van der Waals surface area (Å²) in [4.78, 5) is 12.5. The molecule has 0 atom stereocenters. The highest BCUT2D eigenvalue weighted by molar-refractivity contribution is 7.15. The first-order chi connectivity index (χ1) is 13.2. The average Bonchev–Trinajstić information content (AvgIpc) is 3.14. The van der Waals surface area contributed by atoms with Crippen molar-refractivity contribution in [3.05, 3.63) is 70.0 Å². The number of hydrogen-bond acceptors (Lipinski definition) is 6. The number of para-hydroxylation sites is 1. The minimum atomic E-state index is -0.432. The van der Waals surface area contributed by atoms with E-state index in [9.17, 15) is 9.18 Å². The molecule has 146 valence electrons. The van der Waals surface area contributed by atoms with E-state index in [0.29, 0.717) is 15.7 Å². The third-order valence-corrected chi connectivity index (χ3v) is 5.04. The highest BCUT2D eigenvalue weighted by Crippen LogP contribution is 2.21. The predicted molar refractivity (Wildman–Crippen MR) is 108 cm³/mol. The number of amides is 1. The first-order valence-electron chi connectivity index (χ1n) is 8.52. The van der Waals surface area contributed by atoms with E-state index >= 15 is 0 Å². The van der Waals surface area contributed by atoms with E-state index in [-0.39, 0.29) is 30.7 Å². The minimum absolute atomic E-state index is 0. The van der Waals surface area contributed by atoms with E-state index < -0.39 is 5.82 Å². The third kappa shape index (κ3) is 4.64. The zero-order valence-electron chi connectivity index (χ0n) is 14.8. The van der Waals surface area contributed by atoms with Gasteiger partial charge < -0.3 is 10.1 Å². The fourth-order valence-electron chi connectivity index (χ4n) is 2.85. The topological polar surface area (TPSA) is 76.1 Å². The molecule has 28 heavy (non-hydrogen) atoms. The van der Waals surface area contributed by atoms with Crippen LogP contribution in [0.4, 0.5) is 9.52 Å². The van der Waals surface area contributed by atoms with Gasteiger partial charge in [-0.3, -0.25) is 10.1 Å². The van der Waals surface area contributed by atoms with Crippen molar-refractivity contribution in [2.45, 2.75) is 19.6 Å². The van der Waals surface area contributed by atoms with Gasteiger partial charge in [0.25, 0.3) is 5.91 Å². The largest absolute Gasteiger partial charge is 0.483 e. The molecule has 1 aliphatic rings. The van der Waals surface area contributed by atoms with Gasteiger partial charge in [-0.25, -0.2) is 4.39 Å². The first kappa shape index (κ1) is 20.2. The molecule has 0 saturated heterocycles. The quantitative estimate of drug-likeness (QED) is 0.659. The lowest BCUT2D eigenvalue weighted by atomic mass is 9.98. The molecule has 1 amide bonds. The van der Waals surface area contributed by atoms with Gasteiger partial charge in [0.1, 0.15) is 6.61 Å². The number of aromatic nitrogens is 2. The summed E-state index contributed by atoms with van der Waals surface area (Å²) in [7, 11) is 0. The molecule has 0 bridgehead atoms. The summed E-state index contributed by atoms with van der Waals surface area (Å²) in [5.41, 5.74) is 3.01. The summed E-state index contributed by atoms with van der Waals surface area (Å²) in [6, 6.07) is 11.9. The van der Waals surface area contributed by atoms with Gasteiger partial charge in [0.15, 0.2) is 16.6 Å². The Morgan fingerprint density at radius 3 is 2.93 bits per heavy atom. The number of nitrogens with zero attached hydrogens (tertiary/aromatic N) is 2. The zero-order chi connectivity index (χ0) is 18.6. The number of fused-ring (bicyclic) bond motifs is 1. The lowest BCUT2D eigenvalue weighted by Crippen LogP contribution is -2.24. The molecule has 0 radical (unpaired) electrons. The van der Waals surface area contributed by atoms with Crippen LogP contribution in [-0.4, -0.2) is 22.6 Å². The summed E-state index contributed by atoms with van der Waals surface area (Å²) in [5.74, 6) is -0.506. The number of hydrogen-bond donors (Lipinski definition) is 2. The average molecular weight is 421 g/mol. The van der Waals surface area contributed by atoms with Gasteiger partial charge in [0, 0.05) is 12.1 Å². The Morgan fingerprint density at radius 2 is 2.07 bits per heavy atom. The van der Waals surface area contributed by atoms with E-state index in [1.165, 1.54) is 28.5 Å². The molecule has 0 spiro atoms. The number of halogens is 2. The third-order valence-electron chi connectivity index (χ3n) is 4.23. The molecule has 6 nitrogen and oxygen atoms in total. The molecule has 0 unspecified atom stereocenters. The number of rotatable bonds is 5. The molecule has 3 aromatic rings. The smallest absolute Gasteiger partial charge is 0.257 e. The van der Waals surface area contributed by atoms with Gasteiger partial charge in [-0.1, -0.05) is 29.5 Å². The highest BCUT2D eigenvalue weighted by Gasteiger charge is 2.14. The number of nitrogens with one attached hydrogen (secondary N) is 2. The van der Waals surface area contributed by atoms with Crippen LogP contribution in [0.3, 0.4) is 0 Å². The van der Waals surface area contributed by atoms with Crippen LogP contribution in [0.15, 0.2) is 42.5 Å². The van der Waals surface area contributed by atoms with E-state index in [0.717, 1.165) is 19.5 Å². The van der Waals surface area contributed by atoms with Crippen LogP contribution in [0.1, 0.15) is 26.5 Å². The van der Waals surface area contributed by atoms with Crippen molar-refractivity contribution in [1.29, 1.82) is 0 Å². The van der Waals surface area contributed by atoms with Crippen LogP contribution in [0, 0.1) is 5.82 Å². The van der Waals surface area contributed by atoms with E-state index in [1.807, 2.05) is 18.2 Å². The second-order valence-corrected chi connectivity index (χ2v) is 7.15. The van der Waals surface area contributed by atoms with Crippen LogP contribution in [0.5, 0.6) is 5.75 Å². The van der Waals surface area contributed by atoms with Crippen molar-refractivity contribution >= 4 is 34.8 Å². The molecule has 0 fully saturated rings. The first-order valence-corrected chi connectivity index (χ1v) is 9.34. The molecule has 2 heterocycles. The fourth-order valence-corrected chi connectivity index (χ4v) is 3.50. The van der Waals surface area contributed by atoms with Crippen LogP contribution in [-0.2, 0) is 19.6 Å². The molecule has 1 aromatic heterocycles. The Hall–Kier alpha value is -2.55. The molecule has 4 rings (SSSR count). The predicted octanol–water partition coefficient (Wildman–Crippen LogP) is 3.58. The van der Waals surface area contributed by atoms with E-state index in [1.54, 1.807) is 18.2 Å². The Balaban J connectivity index is 0.00000225. The maximum Gasteiger partial charge on any atom is 0.257 e. The number of carbonyl (C=O) groups excluding carboxylic acids is 1. The normalized spacial score (nSPS) is 12.6. The Labute approximate surface area is 171 Å². The van der Waals surface area contributed by atoms with E-state index in [2.05, 4.69) is 20.8 Å². The lowest BCUT2D eigenvalue weighted by molar-refractivity contribution is 0.102. The summed E-state index contributed by atoms with van der Waals surface area (Å²) in [6.45, 7) is 1.83. The second-order valence-electron chi connectivity index (χ2n) is 6.08. The van der Waals surface area contributed by atoms with Crippen molar-refractivity contribution in [3.63, 3.8) is 0 Å². The summed E-state index contributed by atoms with van der Waals surface area (Å²) in [6.07, 6.45) is 0.910. The Bertz CT molecular complexity index is 982. The summed E-state index contributed by atoms with van der Waals surface area (Å²) < 4.78 is 19.0. The SMILES string of the molecule is Cl.O=C(Nc1nnc(COc2ccccc2F)s1)c1ccc2c(c1)CCNC2. The van der Waals surface area contributed by atoms with Gasteiger partial charge in [0.05, 0.1) is 0 Å². The highest BCUT2D eigenvalue weighted by atomic mass is 35.5. The summed E-state index contributed by atoms with van der Waals surface area (Å²) in [5, 5.41) is 14.9. The van der Waals surface area contributed by atoms with Crippen molar-refractivity contribution in [2.75, 3.05) is 11.9 Å². The molecule has 9 heteroatoms.